The normalized spacial score (nSPS) is 21.4. The van der Waals surface area contributed by atoms with E-state index in [0.29, 0.717) is 6.04 Å². The van der Waals surface area contributed by atoms with Crippen LogP contribution in [0.4, 0.5) is 0 Å². The first kappa shape index (κ1) is 15.3. The van der Waals surface area contributed by atoms with Crippen molar-refractivity contribution < 1.29 is 9.47 Å². The highest BCUT2D eigenvalue weighted by molar-refractivity contribution is 5.30. The number of methoxy groups -OCH3 is 1. The van der Waals surface area contributed by atoms with Gasteiger partial charge in [-0.15, -0.1) is 0 Å². The molecule has 2 atom stereocenters. The van der Waals surface area contributed by atoms with Gasteiger partial charge in [0.2, 0.25) is 0 Å². The van der Waals surface area contributed by atoms with E-state index >= 15 is 0 Å². The number of benzene rings is 1. The van der Waals surface area contributed by atoms with Gasteiger partial charge in [-0.3, -0.25) is 0 Å². The molecule has 0 saturated carbocycles. The molecule has 1 heterocycles. The molecule has 2 rings (SSSR count). The van der Waals surface area contributed by atoms with Gasteiger partial charge < -0.3 is 14.4 Å². The third-order valence-corrected chi connectivity index (χ3v) is 4.06. The van der Waals surface area contributed by atoms with Crippen molar-refractivity contribution in [2.24, 2.45) is 0 Å². The lowest BCUT2D eigenvalue weighted by atomic mass is 10.00. The number of hydrogen-bond donors (Lipinski definition) is 0. The lowest BCUT2D eigenvalue weighted by Gasteiger charge is -2.27. The minimum atomic E-state index is 0.149. The fraction of sp³-hybridized carbons (Fsp3) is 0.647. The monoisotopic (exact) mass is 277 g/mol. The standard InChI is InChI=1S/C17H27NO2/c1-13(2)20-17(12-15-8-6-10-18(15)3)14-7-5-9-16(11-14)19-4/h5,7,9,11,13,15,17H,6,8,10,12H2,1-4H3. The molecule has 0 aromatic heterocycles. The van der Waals surface area contributed by atoms with Crippen LogP contribution in [0.25, 0.3) is 0 Å². The number of hydrogen-bond acceptors (Lipinski definition) is 3. The van der Waals surface area contributed by atoms with Crippen molar-refractivity contribution in [3.63, 3.8) is 0 Å². The summed E-state index contributed by atoms with van der Waals surface area (Å²) in [4.78, 5) is 2.46. The van der Waals surface area contributed by atoms with E-state index in [4.69, 9.17) is 9.47 Å². The van der Waals surface area contributed by atoms with Crippen LogP contribution in [-0.4, -0.2) is 37.7 Å². The van der Waals surface area contributed by atoms with E-state index < -0.39 is 0 Å². The molecule has 0 spiro atoms. The predicted octanol–water partition coefficient (Wildman–Crippen LogP) is 3.65. The van der Waals surface area contributed by atoms with E-state index in [0.717, 1.165) is 12.2 Å². The van der Waals surface area contributed by atoms with Crippen molar-refractivity contribution in [1.82, 2.24) is 4.90 Å². The molecule has 0 radical (unpaired) electrons. The molecular weight excluding hydrogens is 250 g/mol. The van der Waals surface area contributed by atoms with Gasteiger partial charge in [0.15, 0.2) is 0 Å². The molecule has 1 saturated heterocycles. The molecular formula is C17H27NO2. The predicted molar refractivity (Wildman–Crippen MR) is 82.2 cm³/mol. The van der Waals surface area contributed by atoms with Crippen LogP contribution in [-0.2, 0) is 4.74 Å². The van der Waals surface area contributed by atoms with Crippen molar-refractivity contribution in [2.75, 3.05) is 20.7 Å². The van der Waals surface area contributed by atoms with Gasteiger partial charge in [-0.2, -0.15) is 0 Å². The highest BCUT2D eigenvalue weighted by Gasteiger charge is 2.26. The van der Waals surface area contributed by atoms with Crippen molar-refractivity contribution in [3.8, 4) is 5.75 Å². The first-order chi connectivity index (χ1) is 9.60. The van der Waals surface area contributed by atoms with Crippen LogP contribution in [0.15, 0.2) is 24.3 Å². The summed E-state index contributed by atoms with van der Waals surface area (Å²) in [6.07, 6.45) is 4.02. The summed E-state index contributed by atoms with van der Waals surface area (Å²) in [6.45, 7) is 5.41. The third kappa shape index (κ3) is 3.97. The second-order valence-electron chi connectivity index (χ2n) is 5.96. The topological polar surface area (TPSA) is 21.7 Å². The summed E-state index contributed by atoms with van der Waals surface area (Å²) in [6, 6.07) is 8.90. The zero-order chi connectivity index (χ0) is 14.5. The maximum atomic E-state index is 6.16. The summed E-state index contributed by atoms with van der Waals surface area (Å²) < 4.78 is 11.5. The molecule has 1 aromatic rings. The van der Waals surface area contributed by atoms with E-state index in [1.807, 2.05) is 12.1 Å². The number of rotatable bonds is 6. The van der Waals surface area contributed by atoms with E-state index in [9.17, 15) is 0 Å². The third-order valence-electron chi connectivity index (χ3n) is 4.06. The summed E-state index contributed by atoms with van der Waals surface area (Å²) in [7, 11) is 3.93. The zero-order valence-electron chi connectivity index (χ0n) is 13.1. The molecule has 2 unspecified atom stereocenters. The lowest BCUT2D eigenvalue weighted by molar-refractivity contribution is -0.00921. The Hall–Kier alpha value is -1.06. The minimum Gasteiger partial charge on any atom is -0.497 e. The Bertz CT molecular complexity index is 419. The fourth-order valence-electron chi connectivity index (χ4n) is 2.96. The van der Waals surface area contributed by atoms with E-state index in [1.165, 1.54) is 24.9 Å². The Morgan fingerprint density at radius 3 is 2.75 bits per heavy atom. The number of nitrogens with zero attached hydrogens (tertiary/aromatic N) is 1. The van der Waals surface area contributed by atoms with Gasteiger partial charge in [0.05, 0.1) is 19.3 Å². The van der Waals surface area contributed by atoms with Gasteiger partial charge >= 0.3 is 0 Å². The highest BCUT2D eigenvalue weighted by atomic mass is 16.5. The molecule has 1 aliphatic rings. The van der Waals surface area contributed by atoms with Gasteiger partial charge in [-0.05, 0) is 64.4 Å². The largest absolute Gasteiger partial charge is 0.497 e. The first-order valence-electron chi connectivity index (χ1n) is 7.59. The molecule has 0 aliphatic carbocycles. The highest BCUT2D eigenvalue weighted by Crippen LogP contribution is 2.31. The molecule has 112 valence electrons. The van der Waals surface area contributed by atoms with Crippen LogP contribution in [0.2, 0.25) is 0 Å². The van der Waals surface area contributed by atoms with Crippen molar-refractivity contribution in [2.45, 2.75) is 51.4 Å². The Kier molecular flexibility index (Phi) is 5.44. The van der Waals surface area contributed by atoms with Gasteiger partial charge in [-0.25, -0.2) is 0 Å². The lowest BCUT2D eigenvalue weighted by Crippen LogP contribution is -2.28. The van der Waals surface area contributed by atoms with Gasteiger partial charge in [0.1, 0.15) is 5.75 Å². The molecule has 20 heavy (non-hydrogen) atoms. The second kappa shape index (κ2) is 7.09. The summed E-state index contributed by atoms with van der Waals surface area (Å²) in [5.41, 5.74) is 1.22. The van der Waals surface area contributed by atoms with Crippen molar-refractivity contribution >= 4 is 0 Å². The van der Waals surface area contributed by atoms with Crippen molar-refractivity contribution in [1.29, 1.82) is 0 Å². The molecule has 0 bridgehead atoms. The maximum absolute atomic E-state index is 6.16. The van der Waals surface area contributed by atoms with Gasteiger partial charge in [0, 0.05) is 6.04 Å². The number of likely N-dealkylation sites (tertiary alicyclic amines) is 1. The van der Waals surface area contributed by atoms with Crippen LogP contribution in [0, 0.1) is 0 Å². The summed E-state index contributed by atoms with van der Waals surface area (Å²) in [5.74, 6) is 0.902. The fourth-order valence-corrected chi connectivity index (χ4v) is 2.96. The molecule has 3 nitrogen and oxygen atoms in total. The summed E-state index contributed by atoms with van der Waals surface area (Å²) in [5, 5.41) is 0. The van der Waals surface area contributed by atoms with Crippen LogP contribution in [0.3, 0.4) is 0 Å². The number of ether oxygens (including phenoxy) is 2. The molecule has 3 heteroatoms. The quantitative estimate of drug-likeness (QED) is 0.792. The molecule has 1 fully saturated rings. The molecule has 1 aliphatic heterocycles. The average molecular weight is 277 g/mol. The maximum Gasteiger partial charge on any atom is 0.119 e. The van der Waals surface area contributed by atoms with Gasteiger partial charge in [-0.1, -0.05) is 12.1 Å². The minimum absolute atomic E-state index is 0.149. The Balaban J connectivity index is 2.13. The first-order valence-corrected chi connectivity index (χ1v) is 7.59. The van der Waals surface area contributed by atoms with Crippen LogP contribution in [0.1, 0.15) is 44.8 Å². The second-order valence-corrected chi connectivity index (χ2v) is 5.96. The van der Waals surface area contributed by atoms with Crippen LogP contribution in [0.5, 0.6) is 5.75 Å². The van der Waals surface area contributed by atoms with Crippen LogP contribution < -0.4 is 4.74 Å². The molecule has 1 aromatic carbocycles. The summed E-state index contributed by atoms with van der Waals surface area (Å²) >= 11 is 0. The zero-order valence-corrected chi connectivity index (χ0v) is 13.1. The van der Waals surface area contributed by atoms with E-state index in [-0.39, 0.29) is 12.2 Å². The Morgan fingerprint density at radius 1 is 1.35 bits per heavy atom. The van der Waals surface area contributed by atoms with E-state index in [2.05, 4.69) is 37.9 Å². The SMILES string of the molecule is COc1cccc(C(CC2CCCN2C)OC(C)C)c1. The molecule has 0 N–H and O–H groups in total. The van der Waals surface area contributed by atoms with Gasteiger partial charge in [0.25, 0.3) is 0 Å². The van der Waals surface area contributed by atoms with E-state index in [1.54, 1.807) is 7.11 Å². The van der Waals surface area contributed by atoms with Crippen molar-refractivity contribution in [3.05, 3.63) is 29.8 Å². The smallest absolute Gasteiger partial charge is 0.119 e. The Labute approximate surface area is 122 Å². The molecule has 0 amide bonds. The average Bonchev–Trinajstić information content (AvgIpc) is 2.83. The van der Waals surface area contributed by atoms with Crippen LogP contribution >= 0.6 is 0 Å². The Morgan fingerprint density at radius 2 is 2.15 bits per heavy atom.